The fourth-order valence-electron chi connectivity index (χ4n) is 4.01. The highest BCUT2D eigenvalue weighted by Crippen LogP contribution is 2.22. The summed E-state index contributed by atoms with van der Waals surface area (Å²) in [4.78, 5) is 21.2. The highest BCUT2D eigenvalue weighted by Gasteiger charge is 2.21. The average Bonchev–Trinajstić information content (AvgIpc) is 3.29. The Morgan fingerprint density at radius 1 is 0.939 bits per heavy atom. The molecule has 0 bridgehead atoms. The number of hydrogen-bond acceptors (Lipinski definition) is 3. The minimum atomic E-state index is -0.316. The minimum absolute atomic E-state index is 0.0477. The number of nitrogens with one attached hydrogen (secondary N) is 3. The second kappa shape index (κ2) is 10.7. The summed E-state index contributed by atoms with van der Waals surface area (Å²) in [5, 5.41) is 6.32. The van der Waals surface area contributed by atoms with E-state index in [0.717, 1.165) is 46.6 Å². The lowest BCUT2D eigenvalue weighted by Gasteiger charge is -2.22. The van der Waals surface area contributed by atoms with E-state index in [2.05, 4.69) is 34.7 Å². The molecular weight excluding hydrogens is 412 g/mol. The number of amides is 2. The van der Waals surface area contributed by atoms with Gasteiger partial charge in [0.25, 0.3) is 0 Å². The molecule has 1 aromatic heterocycles. The van der Waals surface area contributed by atoms with Gasteiger partial charge in [0, 0.05) is 0 Å². The first-order valence-electron chi connectivity index (χ1n) is 11.4. The highest BCUT2D eigenvalue weighted by molar-refractivity contribution is 5.77. The molecule has 0 aliphatic rings. The molecule has 0 fully saturated rings. The molecule has 4 aromatic rings. The first-order valence-corrected chi connectivity index (χ1v) is 11.4. The van der Waals surface area contributed by atoms with Crippen molar-refractivity contribution < 1.29 is 9.53 Å². The lowest BCUT2D eigenvalue weighted by Crippen LogP contribution is -2.41. The average molecular weight is 443 g/mol. The van der Waals surface area contributed by atoms with Crippen LogP contribution in [0.4, 0.5) is 4.79 Å². The van der Waals surface area contributed by atoms with Gasteiger partial charge in [-0.2, -0.15) is 0 Å². The van der Waals surface area contributed by atoms with Gasteiger partial charge in [0.1, 0.15) is 11.6 Å². The van der Waals surface area contributed by atoms with Gasteiger partial charge in [-0.3, -0.25) is 0 Å². The first-order chi connectivity index (χ1) is 16.2. The van der Waals surface area contributed by atoms with E-state index in [9.17, 15) is 4.79 Å². The molecule has 0 spiro atoms. The van der Waals surface area contributed by atoms with Crippen molar-refractivity contribution in [1.82, 2.24) is 20.6 Å². The van der Waals surface area contributed by atoms with Crippen LogP contribution >= 0.6 is 0 Å². The van der Waals surface area contributed by atoms with E-state index in [1.54, 1.807) is 7.11 Å². The number of aromatic amines is 1. The summed E-state index contributed by atoms with van der Waals surface area (Å²) in [5.74, 6) is 1.53. The van der Waals surface area contributed by atoms with E-state index >= 15 is 0 Å². The van der Waals surface area contributed by atoms with Crippen LogP contribution in [0.25, 0.3) is 11.0 Å². The van der Waals surface area contributed by atoms with Gasteiger partial charge in [-0.05, 0) is 48.2 Å². The second-order valence-electron chi connectivity index (χ2n) is 8.11. The van der Waals surface area contributed by atoms with Gasteiger partial charge in [0.15, 0.2) is 0 Å². The van der Waals surface area contributed by atoms with E-state index in [1.807, 2.05) is 66.7 Å². The highest BCUT2D eigenvalue weighted by atomic mass is 16.5. The Morgan fingerprint density at radius 2 is 1.64 bits per heavy atom. The maximum atomic E-state index is 13.1. The fraction of sp³-hybridized carbons (Fsp3) is 0.259. The van der Waals surface area contributed by atoms with Crippen molar-refractivity contribution in [3.63, 3.8) is 0 Å². The summed E-state index contributed by atoms with van der Waals surface area (Å²) in [6, 6.07) is 25.3. The predicted molar refractivity (Wildman–Crippen MR) is 131 cm³/mol. The van der Waals surface area contributed by atoms with Crippen LogP contribution in [0.5, 0.6) is 5.75 Å². The Morgan fingerprint density at radius 3 is 2.33 bits per heavy atom. The molecule has 0 radical (unpaired) electrons. The van der Waals surface area contributed by atoms with Crippen LogP contribution in [0.15, 0.2) is 78.9 Å². The Bertz CT molecular complexity index is 1140. The van der Waals surface area contributed by atoms with Crippen LogP contribution in [-0.4, -0.2) is 23.1 Å². The van der Waals surface area contributed by atoms with Crippen molar-refractivity contribution in [3.05, 3.63) is 95.8 Å². The number of methoxy groups -OCH3 is 1. The van der Waals surface area contributed by atoms with Crippen molar-refractivity contribution in [2.24, 2.45) is 0 Å². The number of benzene rings is 3. The van der Waals surface area contributed by atoms with E-state index in [1.165, 1.54) is 0 Å². The van der Waals surface area contributed by atoms with Crippen LogP contribution in [0, 0.1) is 0 Å². The number of H-pyrrole nitrogens is 1. The number of para-hydroxylation sites is 2. The molecule has 6 nitrogen and oxygen atoms in total. The summed E-state index contributed by atoms with van der Waals surface area (Å²) < 4.78 is 5.27. The van der Waals surface area contributed by atoms with Crippen molar-refractivity contribution in [1.29, 1.82) is 0 Å². The quantitative estimate of drug-likeness (QED) is 0.311. The summed E-state index contributed by atoms with van der Waals surface area (Å²) >= 11 is 0. The van der Waals surface area contributed by atoms with Gasteiger partial charge < -0.3 is 20.4 Å². The van der Waals surface area contributed by atoms with E-state index in [0.29, 0.717) is 6.42 Å². The topological polar surface area (TPSA) is 79.0 Å². The third-order valence-corrected chi connectivity index (χ3v) is 5.73. The van der Waals surface area contributed by atoms with E-state index < -0.39 is 0 Å². The number of ether oxygens (including phenoxy) is 1. The van der Waals surface area contributed by atoms with Crippen molar-refractivity contribution in [3.8, 4) is 5.75 Å². The molecule has 0 aliphatic carbocycles. The number of aromatic nitrogens is 2. The number of imidazole rings is 1. The third kappa shape index (κ3) is 5.71. The number of rotatable bonds is 9. The SMILES string of the molecule is CCC[C@@H](NC(=O)N[C@H](Cc1ccc(OC)cc1)c1nc2ccccc2[nH]1)c1ccccc1. The zero-order valence-corrected chi connectivity index (χ0v) is 19.0. The van der Waals surface area contributed by atoms with Crippen molar-refractivity contribution in [2.45, 2.75) is 38.3 Å². The van der Waals surface area contributed by atoms with Gasteiger partial charge in [0.05, 0.1) is 30.2 Å². The molecule has 3 N–H and O–H groups in total. The number of nitrogens with zero attached hydrogens (tertiary/aromatic N) is 1. The molecule has 2 atom stereocenters. The summed E-state index contributed by atoms with van der Waals surface area (Å²) in [5.41, 5.74) is 4.00. The van der Waals surface area contributed by atoms with Crippen LogP contribution < -0.4 is 15.4 Å². The normalized spacial score (nSPS) is 12.8. The number of carbonyl (C=O) groups is 1. The Hall–Kier alpha value is -3.80. The Balaban J connectivity index is 1.55. The summed E-state index contributed by atoms with van der Waals surface area (Å²) in [7, 11) is 1.65. The number of urea groups is 1. The molecule has 3 aromatic carbocycles. The van der Waals surface area contributed by atoms with Gasteiger partial charge in [-0.1, -0.05) is 67.9 Å². The molecule has 33 heavy (non-hydrogen) atoms. The minimum Gasteiger partial charge on any atom is -0.497 e. The van der Waals surface area contributed by atoms with Crippen molar-refractivity contribution in [2.75, 3.05) is 7.11 Å². The number of carbonyl (C=O) groups excluding carboxylic acids is 1. The smallest absolute Gasteiger partial charge is 0.315 e. The lowest BCUT2D eigenvalue weighted by molar-refractivity contribution is 0.231. The third-order valence-electron chi connectivity index (χ3n) is 5.73. The number of fused-ring (bicyclic) bond motifs is 1. The fourth-order valence-corrected chi connectivity index (χ4v) is 4.01. The van der Waals surface area contributed by atoms with Crippen LogP contribution in [0.1, 0.15) is 48.8 Å². The summed E-state index contributed by atoms with van der Waals surface area (Å²) in [6.45, 7) is 2.12. The van der Waals surface area contributed by atoms with Crippen LogP contribution in [-0.2, 0) is 6.42 Å². The van der Waals surface area contributed by atoms with Crippen molar-refractivity contribution >= 4 is 17.1 Å². The van der Waals surface area contributed by atoms with E-state index in [4.69, 9.17) is 9.72 Å². The zero-order chi connectivity index (χ0) is 23.0. The standard InChI is InChI=1S/C27H30N4O2/c1-3-9-22(20-10-5-4-6-11-20)30-27(32)31-25(18-19-14-16-21(33-2)17-15-19)26-28-23-12-7-8-13-24(23)29-26/h4-8,10-17,22,25H,3,9,18H2,1-2H3,(H,28,29)(H2,30,31,32)/t22-,25-/m1/s1. The summed E-state index contributed by atoms with van der Waals surface area (Å²) in [6.07, 6.45) is 2.44. The van der Waals surface area contributed by atoms with E-state index in [-0.39, 0.29) is 18.1 Å². The maximum Gasteiger partial charge on any atom is 0.315 e. The molecular formula is C27H30N4O2. The predicted octanol–water partition coefficient (Wildman–Crippen LogP) is 5.70. The molecule has 0 aliphatic heterocycles. The molecule has 0 saturated heterocycles. The van der Waals surface area contributed by atoms with Gasteiger partial charge in [-0.15, -0.1) is 0 Å². The molecule has 6 heteroatoms. The molecule has 4 rings (SSSR count). The van der Waals surface area contributed by atoms with Crippen LogP contribution in [0.3, 0.4) is 0 Å². The Labute approximate surface area is 194 Å². The van der Waals surface area contributed by atoms with Crippen LogP contribution in [0.2, 0.25) is 0 Å². The monoisotopic (exact) mass is 442 g/mol. The molecule has 0 unspecified atom stereocenters. The largest absolute Gasteiger partial charge is 0.497 e. The lowest BCUT2D eigenvalue weighted by atomic mass is 10.0. The molecule has 170 valence electrons. The second-order valence-corrected chi connectivity index (χ2v) is 8.11. The van der Waals surface area contributed by atoms with Gasteiger partial charge in [-0.25, -0.2) is 9.78 Å². The van der Waals surface area contributed by atoms with Gasteiger partial charge in [0.2, 0.25) is 0 Å². The molecule has 0 saturated carbocycles. The van der Waals surface area contributed by atoms with Gasteiger partial charge >= 0.3 is 6.03 Å². The number of hydrogen-bond donors (Lipinski definition) is 3. The maximum absolute atomic E-state index is 13.1. The Kier molecular flexibility index (Phi) is 7.25. The zero-order valence-electron chi connectivity index (χ0n) is 19.0. The molecule has 2 amide bonds. The molecule has 1 heterocycles. The first kappa shape index (κ1) is 22.4.